The maximum absolute atomic E-state index is 6.18. The Morgan fingerprint density at radius 2 is 2.12 bits per heavy atom. The van der Waals surface area contributed by atoms with Crippen LogP contribution in [0.25, 0.3) is 0 Å². The van der Waals surface area contributed by atoms with E-state index in [1.54, 1.807) is 0 Å². The van der Waals surface area contributed by atoms with Crippen molar-refractivity contribution in [1.82, 2.24) is 5.32 Å². The van der Waals surface area contributed by atoms with Gasteiger partial charge in [-0.1, -0.05) is 32.5 Å². The molecular formula is C12H28N2OSi. The van der Waals surface area contributed by atoms with Crippen LogP contribution in [0.5, 0.6) is 0 Å². The Kier molecular flexibility index (Phi) is 5.44. The zero-order valence-corrected chi connectivity index (χ0v) is 12.1. The highest BCUT2D eigenvalue weighted by Gasteiger charge is 2.47. The highest BCUT2D eigenvalue weighted by atomic mass is 28.3. The number of hydrogen-bond donors (Lipinski definition) is 2. The van der Waals surface area contributed by atoms with Gasteiger partial charge in [0.25, 0.3) is 0 Å². The predicted molar refractivity (Wildman–Crippen MR) is 72.2 cm³/mol. The highest BCUT2D eigenvalue weighted by Crippen LogP contribution is 2.34. The molecule has 1 heterocycles. The molecule has 0 bridgehead atoms. The predicted octanol–water partition coefficient (Wildman–Crippen LogP) is 2.09. The number of rotatable bonds is 6. The molecule has 0 aromatic heterocycles. The molecule has 0 radical (unpaired) electrons. The second kappa shape index (κ2) is 6.14. The zero-order valence-electron chi connectivity index (χ0n) is 11.1. The lowest BCUT2D eigenvalue weighted by Gasteiger charge is -2.48. The third-order valence-corrected chi connectivity index (χ3v) is 8.30. The Hall–Kier alpha value is 0.0969. The van der Waals surface area contributed by atoms with E-state index >= 15 is 0 Å². The van der Waals surface area contributed by atoms with Crippen LogP contribution >= 0.6 is 0 Å². The molecule has 1 aliphatic rings. The third-order valence-electron chi connectivity index (χ3n) is 3.79. The molecule has 4 heteroatoms. The van der Waals surface area contributed by atoms with E-state index in [9.17, 15) is 0 Å². The molecule has 1 aliphatic heterocycles. The van der Waals surface area contributed by atoms with E-state index in [4.69, 9.17) is 10.5 Å². The van der Waals surface area contributed by atoms with Gasteiger partial charge in [-0.05, 0) is 19.3 Å². The molecule has 1 rings (SSSR count). The molecule has 1 unspecified atom stereocenters. The fourth-order valence-corrected chi connectivity index (χ4v) is 6.41. The van der Waals surface area contributed by atoms with Gasteiger partial charge in [0, 0.05) is 19.7 Å². The number of nitrogens with two attached hydrogens (primary N) is 1. The minimum absolute atomic E-state index is 0.0133. The van der Waals surface area contributed by atoms with E-state index in [2.05, 4.69) is 25.3 Å². The van der Waals surface area contributed by atoms with Crippen molar-refractivity contribution in [3.8, 4) is 0 Å². The molecule has 1 fully saturated rings. The number of hydrogen-bond acceptors (Lipinski definition) is 3. The Labute approximate surface area is 101 Å². The summed E-state index contributed by atoms with van der Waals surface area (Å²) in [5.41, 5.74) is 5.62. The SMILES string of the molecule is CCC[Si](C)(C)C1(NCCN)CCCCO1. The standard InChI is InChI=1S/C12H28N2OSi/c1-4-11-16(2,3)12(14-9-8-13)7-5-6-10-15-12/h14H,4-11,13H2,1-3H3. The molecular weight excluding hydrogens is 216 g/mol. The van der Waals surface area contributed by atoms with Crippen LogP contribution in [0.15, 0.2) is 0 Å². The summed E-state index contributed by atoms with van der Waals surface area (Å²) < 4.78 is 6.18. The van der Waals surface area contributed by atoms with Crippen molar-refractivity contribution in [1.29, 1.82) is 0 Å². The Morgan fingerprint density at radius 1 is 1.38 bits per heavy atom. The second-order valence-corrected chi connectivity index (χ2v) is 10.6. The number of nitrogens with one attached hydrogen (secondary N) is 1. The van der Waals surface area contributed by atoms with Gasteiger partial charge in [-0.3, -0.25) is 5.32 Å². The second-order valence-electron chi connectivity index (χ2n) is 5.48. The largest absolute Gasteiger partial charge is 0.364 e. The van der Waals surface area contributed by atoms with Crippen LogP contribution in [0.1, 0.15) is 32.6 Å². The molecule has 0 aromatic rings. The van der Waals surface area contributed by atoms with Gasteiger partial charge in [-0.25, -0.2) is 0 Å². The van der Waals surface area contributed by atoms with E-state index in [0.717, 1.165) is 13.2 Å². The van der Waals surface area contributed by atoms with E-state index in [-0.39, 0.29) is 5.35 Å². The van der Waals surface area contributed by atoms with Crippen LogP contribution in [0.4, 0.5) is 0 Å². The van der Waals surface area contributed by atoms with Crippen molar-refractivity contribution in [3.63, 3.8) is 0 Å². The molecule has 3 N–H and O–H groups in total. The molecule has 0 saturated carbocycles. The third kappa shape index (κ3) is 3.06. The van der Waals surface area contributed by atoms with E-state index < -0.39 is 8.07 Å². The van der Waals surface area contributed by atoms with Gasteiger partial charge < -0.3 is 10.5 Å². The minimum atomic E-state index is -1.38. The van der Waals surface area contributed by atoms with Crippen LogP contribution < -0.4 is 11.1 Å². The zero-order chi connectivity index (χ0) is 12.1. The summed E-state index contributed by atoms with van der Waals surface area (Å²) in [5, 5.41) is 3.61. The topological polar surface area (TPSA) is 47.3 Å². The van der Waals surface area contributed by atoms with E-state index in [1.165, 1.54) is 31.7 Å². The maximum atomic E-state index is 6.18. The summed E-state index contributed by atoms with van der Waals surface area (Å²) in [6, 6.07) is 1.32. The molecule has 3 nitrogen and oxygen atoms in total. The summed E-state index contributed by atoms with van der Waals surface area (Å²) in [4.78, 5) is 0. The smallest absolute Gasteiger partial charge is 0.105 e. The molecule has 1 saturated heterocycles. The molecule has 16 heavy (non-hydrogen) atoms. The molecule has 0 aromatic carbocycles. The van der Waals surface area contributed by atoms with Gasteiger partial charge in [0.05, 0.1) is 0 Å². The Balaban J connectivity index is 2.75. The van der Waals surface area contributed by atoms with Gasteiger partial charge in [0.15, 0.2) is 0 Å². The molecule has 0 aliphatic carbocycles. The normalized spacial score (nSPS) is 27.0. The average molecular weight is 244 g/mol. The molecule has 0 amide bonds. The Morgan fingerprint density at radius 3 is 2.62 bits per heavy atom. The summed E-state index contributed by atoms with van der Waals surface area (Å²) in [5.74, 6) is 0. The first-order valence-electron chi connectivity index (χ1n) is 6.67. The quantitative estimate of drug-likeness (QED) is 0.703. The van der Waals surface area contributed by atoms with Crippen molar-refractivity contribution >= 4 is 8.07 Å². The summed E-state index contributed by atoms with van der Waals surface area (Å²) >= 11 is 0. The first kappa shape index (κ1) is 14.2. The summed E-state index contributed by atoms with van der Waals surface area (Å²) in [7, 11) is -1.38. The van der Waals surface area contributed by atoms with Gasteiger partial charge >= 0.3 is 0 Å². The van der Waals surface area contributed by atoms with E-state index in [1.807, 2.05) is 0 Å². The van der Waals surface area contributed by atoms with Crippen molar-refractivity contribution < 1.29 is 4.74 Å². The summed E-state index contributed by atoms with van der Waals surface area (Å²) in [6.07, 6.45) is 4.93. The van der Waals surface area contributed by atoms with Gasteiger partial charge in [-0.15, -0.1) is 0 Å². The first-order chi connectivity index (χ1) is 7.58. The van der Waals surface area contributed by atoms with Crippen LogP contribution in [0.3, 0.4) is 0 Å². The van der Waals surface area contributed by atoms with Crippen molar-refractivity contribution in [2.24, 2.45) is 5.73 Å². The minimum Gasteiger partial charge on any atom is -0.364 e. The van der Waals surface area contributed by atoms with Crippen LogP contribution in [-0.4, -0.2) is 33.1 Å². The van der Waals surface area contributed by atoms with Gasteiger partial charge in [-0.2, -0.15) is 0 Å². The van der Waals surface area contributed by atoms with Crippen LogP contribution in [0.2, 0.25) is 19.1 Å². The van der Waals surface area contributed by atoms with Gasteiger partial charge in [0.2, 0.25) is 0 Å². The summed E-state index contributed by atoms with van der Waals surface area (Å²) in [6.45, 7) is 9.66. The van der Waals surface area contributed by atoms with Crippen LogP contribution in [0, 0.1) is 0 Å². The fourth-order valence-electron chi connectivity index (χ4n) is 2.81. The van der Waals surface area contributed by atoms with Crippen molar-refractivity contribution in [2.45, 2.75) is 57.1 Å². The van der Waals surface area contributed by atoms with Crippen LogP contribution in [-0.2, 0) is 4.74 Å². The maximum Gasteiger partial charge on any atom is 0.105 e. The molecule has 1 atom stereocenters. The highest BCUT2D eigenvalue weighted by molar-refractivity contribution is 6.80. The average Bonchev–Trinajstić information content (AvgIpc) is 2.27. The monoisotopic (exact) mass is 244 g/mol. The lowest BCUT2D eigenvalue weighted by atomic mass is 10.2. The van der Waals surface area contributed by atoms with Crippen molar-refractivity contribution in [2.75, 3.05) is 19.7 Å². The van der Waals surface area contributed by atoms with Crippen molar-refractivity contribution in [3.05, 3.63) is 0 Å². The Bertz CT molecular complexity index is 203. The number of ether oxygens (including phenoxy) is 1. The van der Waals surface area contributed by atoms with Gasteiger partial charge in [0.1, 0.15) is 13.4 Å². The lowest BCUT2D eigenvalue weighted by molar-refractivity contribution is -0.0484. The molecule has 96 valence electrons. The molecule has 0 spiro atoms. The first-order valence-corrected chi connectivity index (χ1v) is 9.88. The van der Waals surface area contributed by atoms with E-state index in [0.29, 0.717) is 6.54 Å². The lowest BCUT2D eigenvalue weighted by Crippen LogP contribution is -2.66. The fraction of sp³-hybridized carbons (Fsp3) is 1.00.